The van der Waals surface area contributed by atoms with Crippen molar-refractivity contribution in [3.05, 3.63) is 132 Å². The van der Waals surface area contributed by atoms with E-state index in [0.717, 1.165) is 45.7 Å². The van der Waals surface area contributed by atoms with Gasteiger partial charge in [0.15, 0.2) is 17.5 Å². The lowest BCUT2D eigenvalue weighted by molar-refractivity contribution is 0.810. The quantitative estimate of drug-likeness (QED) is 0.259. The summed E-state index contributed by atoms with van der Waals surface area (Å²) < 4.78 is 1.96. The lowest BCUT2D eigenvalue weighted by Gasteiger charge is -2.40. The number of nitrogens with zero attached hydrogens (tertiary/aromatic N) is 5. The molecule has 1 N–H and O–H groups in total. The molecule has 0 fully saturated rings. The number of aromatic nitrogens is 2. The maximum atomic E-state index is 5.31. The number of aryl methyl sites for hydroxylation is 1. The van der Waals surface area contributed by atoms with E-state index in [1.807, 2.05) is 59.3 Å². The first-order chi connectivity index (χ1) is 19.6. The van der Waals surface area contributed by atoms with Crippen LogP contribution in [-0.4, -0.2) is 21.5 Å². The van der Waals surface area contributed by atoms with Crippen molar-refractivity contribution in [2.75, 3.05) is 10.2 Å². The van der Waals surface area contributed by atoms with Crippen LogP contribution < -0.4 is 10.2 Å². The monoisotopic (exact) mass is 522 g/mol. The topological polar surface area (TPSA) is 57.8 Å². The maximum Gasteiger partial charge on any atom is 0.179 e. The zero-order valence-corrected chi connectivity index (χ0v) is 22.8. The van der Waals surface area contributed by atoms with Gasteiger partial charge >= 0.3 is 0 Å². The summed E-state index contributed by atoms with van der Waals surface area (Å²) in [5, 5.41) is 8.59. The van der Waals surface area contributed by atoms with E-state index in [-0.39, 0.29) is 6.04 Å². The molecular weight excluding hydrogens is 492 g/mol. The second-order valence-corrected chi connectivity index (χ2v) is 10.5. The van der Waals surface area contributed by atoms with Crippen molar-refractivity contribution < 1.29 is 0 Å². The fourth-order valence-electron chi connectivity index (χ4n) is 5.58. The van der Waals surface area contributed by atoms with Gasteiger partial charge in [0, 0.05) is 11.3 Å². The number of nitrogens with one attached hydrogen (secondary N) is 1. The van der Waals surface area contributed by atoms with Crippen LogP contribution in [0.15, 0.2) is 119 Å². The largest absolute Gasteiger partial charge is 0.337 e. The van der Waals surface area contributed by atoms with Crippen LogP contribution in [0, 0.1) is 6.92 Å². The minimum Gasteiger partial charge on any atom is -0.337 e. The summed E-state index contributed by atoms with van der Waals surface area (Å²) in [5.74, 6) is 2.76. The van der Waals surface area contributed by atoms with Crippen LogP contribution in [0.2, 0.25) is 0 Å². The standard InChI is InChI=1S/C34H30N6/c1-22(2)24-18-20-25(21-19-24)31-30-23(3)38-40(27-14-8-5-9-15-27)33(30)37-34-32(35-26-12-6-4-7-13-26)36-28-16-10-11-17-29(28)39(31)34/h4-22,31H,1-3H3,(H,35,36)/t31-/m1/s1. The highest BCUT2D eigenvalue weighted by Gasteiger charge is 2.41. The Morgan fingerprint density at radius 2 is 1.43 bits per heavy atom. The summed E-state index contributed by atoms with van der Waals surface area (Å²) in [5.41, 5.74) is 8.42. The molecular formula is C34H30N6. The summed E-state index contributed by atoms with van der Waals surface area (Å²) in [7, 11) is 0. The van der Waals surface area contributed by atoms with Crippen LogP contribution in [0.5, 0.6) is 0 Å². The van der Waals surface area contributed by atoms with Gasteiger partial charge < -0.3 is 10.2 Å². The van der Waals surface area contributed by atoms with Crippen LogP contribution >= 0.6 is 0 Å². The van der Waals surface area contributed by atoms with Gasteiger partial charge in [-0.1, -0.05) is 86.6 Å². The number of anilines is 2. The van der Waals surface area contributed by atoms with Crippen LogP contribution in [0.3, 0.4) is 0 Å². The lowest BCUT2D eigenvalue weighted by atomic mass is 9.91. The van der Waals surface area contributed by atoms with Gasteiger partial charge in [-0.25, -0.2) is 14.7 Å². The van der Waals surface area contributed by atoms with Crippen molar-refractivity contribution in [3.63, 3.8) is 0 Å². The number of amidine groups is 2. The normalized spacial score (nSPS) is 15.6. The average molecular weight is 523 g/mol. The van der Waals surface area contributed by atoms with E-state index in [1.165, 1.54) is 11.1 Å². The van der Waals surface area contributed by atoms with Crippen LogP contribution in [-0.2, 0) is 0 Å². The Balaban J connectivity index is 1.49. The summed E-state index contributed by atoms with van der Waals surface area (Å²) in [6.45, 7) is 6.54. The molecule has 0 amide bonds. The highest BCUT2D eigenvalue weighted by atomic mass is 15.4. The van der Waals surface area contributed by atoms with Crippen molar-refractivity contribution >= 4 is 34.6 Å². The molecule has 4 aromatic carbocycles. The number of para-hydroxylation sites is 4. The molecule has 0 spiro atoms. The molecule has 6 heteroatoms. The van der Waals surface area contributed by atoms with E-state index in [1.54, 1.807) is 0 Å². The number of benzene rings is 4. The minimum absolute atomic E-state index is 0.134. The summed E-state index contributed by atoms with van der Waals surface area (Å²) in [4.78, 5) is 12.7. The second-order valence-electron chi connectivity index (χ2n) is 10.5. The molecule has 6 nitrogen and oxygen atoms in total. The van der Waals surface area contributed by atoms with Gasteiger partial charge in [-0.15, -0.1) is 0 Å². The number of hydrogen-bond donors (Lipinski definition) is 1. The van der Waals surface area contributed by atoms with Crippen LogP contribution in [0.25, 0.3) is 5.69 Å². The molecule has 196 valence electrons. The number of fused-ring (bicyclic) bond motifs is 4. The molecule has 0 bridgehead atoms. The predicted octanol–water partition coefficient (Wildman–Crippen LogP) is 8.10. The second kappa shape index (κ2) is 9.65. The van der Waals surface area contributed by atoms with E-state index in [4.69, 9.17) is 15.1 Å². The number of aliphatic imine (C=N–C) groups is 2. The first-order valence-electron chi connectivity index (χ1n) is 13.7. The maximum absolute atomic E-state index is 5.31. The first kappa shape index (κ1) is 24.1. The fraction of sp³-hybridized carbons (Fsp3) is 0.147. The van der Waals surface area contributed by atoms with Crippen LogP contribution in [0.4, 0.5) is 22.9 Å². The van der Waals surface area contributed by atoms with Crippen molar-refractivity contribution in [1.82, 2.24) is 9.78 Å². The van der Waals surface area contributed by atoms with E-state index in [2.05, 4.69) is 85.6 Å². The summed E-state index contributed by atoms with van der Waals surface area (Å²) >= 11 is 0. The molecule has 40 heavy (non-hydrogen) atoms. The molecule has 1 aromatic heterocycles. The predicted molar refractivity (Wildman–Crippen MR) is 164 cm³/mol. The third kappa shape index (κ3) is 4.00. The van der Waals surface area contributed by atoms with Crippen molar-refractivity contribution in [2.24, 2.45) is 9.98 Å². The van der Waals surface area contributed by atoms with Crippen molar-refractivity contribution in [2.45, 2.75) is 32.7 Å². The third-order valence-electron chi connectivity index (χ3n) is 7.59. The zero-order valence-electron chi connectivity index (χ0n) is 22.8. The molecule has 5 aromatic rings. The van der Waals surface area contributed by atoms with Gasteiger partial charge in [0.1, 0.15) is 0 Å². The molecule has 0 saturated heterocycles. The van der Waals surface area contributed by atoms with Crippen molar-refractivity contribution in [3.8, 4) is 5.69 Å². The Bertz CT molecular complexity index is 1750. The smallest absolute Gasteiger partial charge is 0.179 e. The lowest BCUT2D eigenvalue weighted by Crippen LogP contribution is -2.46. The van der Waals surface area contributed by atoms with Crippen LogP contribution in [0.1, 0.15) is 48.2 Å². The third-order valence-corrected chi connectivity index (χ3v) is 7.59. The van der Waals surface area contributed by atoms with Gasteiger partial charge in [-0.05, 0) is 60.4 Å². The molecule has 2 aliphatic heterocycles. The van der Waals surface area contributed by atoms with Gasteiger partial charge in [0.2, 0.25) is 0 Å². The van der Waals surface area contributed by atoms with E-state index >= 15 is 0 Å². The Morgan fingerprint density at radius 1 is 0.750 bits per heavy atom. The first-order valence-corrected chi connectivity index (χ1v) is 13.7. The highest BCUT2D eigenvalue weighted by molar-refractivity contribution is 6.51. The Labute approximate surface area is 234 Å². The number of rotatable bonds is 4. The summed E-state index contributed by atoms with van der Waals surface area (Å²) in [6.07, 6.45) is 0. The molecule has 0 aliphatic carbocycles. The highest BCUT2D eigenvalue weighted by Crippen LogP contribution is 2.48. The molecule has 2 aliphatic rings. The average Bonchev–Trinajstić information content (AvgIpc) is 3.33. The summed E-state index contributed by atoms with van der Waals surface area (Å²) in [6, 6.07) is 37.5. The van der Waals surface area contributed by atoms with Gasteiger partial charge in [0.25, 0.3) is 0 Å². The molecule has 1 atom stereocenters. The molecule has 0 unspecified atom stereocenters. The zero-order chi connectivity index (χ0) is 27.2. The molecule has 0 radical (unpaired) electrons. The van der Waals surface area contributed by atoms with Crippen molar-refractivity contribution in [1.29, 1.82) is 0 Å². The van der Waals surface area contributed by atoms with E-state index < -0.39 is 0 Å². The Morgan fingerprint density at radius 3 is 2.15 bits per heavy atom. The Kier molecular flexibility index (Phi) is 5.81. The van der Waals surface area contributed by atoms with E-state index in [9.17, 15) is 0 Å². The van der Waals surface area contributed by atoms with E-state index in [0.29, 0.717) is 11.8 Å². The molecule has 7 rings (SSSR count). The number of hydrogen-bond acceptors (Lipinski definition) is 5. The Hall–Kier alpha value is -4.97. The van der Waals surface area contributed by atoms with Gasteiger partial charge in [-0.3, -0.25) is 0 Å². The SMILES string of the molecule is Cc1nn(-c2ccccc2)c2c1[C@@H](c1ccc(C(C)C)cc1)N1C(=N2)C(Nc2ccccc2)=Nc2ccccc21. The molecule has 0 saturated carbocycles. The van der Waals surface area contributed by atoms with Gasteiger partial charge in [0.05, 0.1) is 28.8 Å². The fourth-order valence-corrected chi connectivity index (χ4v) is 5.58. The molecule has 3 heterocycles. The van der Waals surface area contributed by atoms with Gasteiger partial charge in [-0.2, -0.15) is 5.10 Å². The minimum atomic E-state index is -0.134.